The van der Waals surface area contributed by atoms with Crippen LogP contribution in [-0.2, 0) is 9.47 Å². The molecule has 1 fully saturated rings. The number of hydrogen-bond acceptors (Lipinski definition) is 4. The molecule has 4 heteroatoms. The molecule has 0 aromatic heterocycles. The maximum absolute atomic E-state index is 9.72. The Labute approximate surface area is 89.8 Å². The quantitative estimate of drug-likeness (QED) is 0.636. The molecule has 0 unspecified atom stereocenters. The molecule has 0 amide bonds. The highest BCUT2D eigenvalue weighted by Crippen LogP contribution is 2.22. The van der Waals surface area contributed by atoms with E-state index in [4.69, 9.17) is 9.47 Å². The molecule has 1 aliphatic heterocycles. The molecule has 0 saturated carbocycles. The Hall–Kier alpha value is -0.680. The fourth-order valence-corrected chi connectivity index (χ4v) is 1.66. The molecule has 1 heterocycles. The van der Waals surface area contributed by atoms with Crippen LogP contribution in [-0.4, -0.2) is 41.4 Å². The summed E-state index contributed by atoms with van der Waals surface area (Å²) in [5.74, 6) is 0. The van der Waals surface area contributed by atoms with Gasteiger partial charge in [-0.3, -0.25) is 0 Å². The summed E-state index contributed by atoms with van der Waals surface area (Å²) in [5, 5.41) is 19.4. The number of aliphatic hydroxyl groups excluding tert-OH is 2. The summed E-state index contributed by atoms with van der Waals surface area (Å²) < 4.78 is 10.5. The van der Waals surface area contributed by atoms with Crippen molar-refractivity contribution in [3.8, 4) is 0 Å². The third-order valence-electron chi connectivity index (χ3n) is 2.42. The fraction of sp³-hybridized carbons (Fsp3) is 0.636. The van der Waals surface area contributed by atoms with Crippen molar-refractivity contribution in [2.24, 2.45) is 0 Å². The topological polar surface area (TPSA) is 58.9 Å². The molecule has 0 radical (unpaired) electrons. The van der Waals surface area contributed by atoms with Gasteiger partial charge in [0.1, 0.15) is 19.0 Å². The Balaban J connectivity index is 2.55. The molecule has 15 heavy (non-hydrogen) atoms. The Bertz CT molecular complexity index is 195. The molecule has 0 bridgehead atoms. The molecular weight excluding hydrogens is 196 g/mol. The van der Waals surface area contributed by atoms with Gasteiger partial charge >= 0.3 is 0 Å². The Morgan fingerprint density at radius 2 is 1.47 bits per heavy atom. The van der Waals surface area contributed by atoms with Crippen LogP contribution < -0.4 is 0 Å². The lowest BCUT2D eigenvalue weighted by Gasteiger charge is -2.24. The van der Waals surface area contributed by atoms with Gasteiger partial charge in [-0.1, -0.05) is 12.2 Å². The van der Waals surface area contributed by atoms with Crippen molar-refractivity contribution < 1.29 is 19.7 Å². The van der Waals surface area contributed by atoms with Crippen LogP contribution in [0.3, 0.4) is 0 Å². The largest absolute Gasteiger partial charge is 0.390 e. The second kappa shape index (κ2) is 6.02. The van der Waals surface area contributed by atoms with E-state index in [2.05, 4.69) is 13.2 Å². The van der Waals surface area contributed by atoms with Gasteiger partial charge in [0.25, 0.3) is 0 Å². The fourth-order valence-electron chi connectivity index (χ4n) is 1.66. The molecule has 1 saturated heterocycles. The van der Waals surface area contributed by atoms with E-state index in [1.165, 1.54) is 0 Å². The molecule has 4 nitrogen and oxygen atoms in total. The lowest BCUT2D eigenvalue weighted by Crippen LogP contribution is -2.41. The van der Waals surface area contributed by atoms with Gasteiger partial charge in [0.05, 0.1) is 12.2 Å². The minimum Gasteiger partial charge on any atom is -0.390 e. The average Bonchev–Trinajstić information content (AvgIpc) is 2.66. The zero-order valence-electron chi connectivity index (χ0n) is 8.71. The highest BCUT2D eigenvalue weighted by Gasteiger charge is 2.38. The Morgan fingerprint density at radius 1 is 1.07 bits per heavy atom. The average molecular weight is 214 g/mol. The summed E-state index contributed by atoms with van der Waals surface area (Å²) in [4.78, 5) is 0. The maximum atomic E-state index is 9.72. The second-order valence-electron chi connectivity index (χ2n) is 3.56. The van der Waals surface area contributed by atoms with Crippen LogP contribution in [0.5, 0.6) is 0 Å². The van der Waals surface area contributed by atoms with Gasteiger partial charge < -0.3 is 19.7 Å². The first-order valence-corrected chi connectivity index (χ1v) is 5.01. The van der Waals surface area contributed by atoms with Crippen LogP contribution in [0, 0.1) is 0 Å². The smallest absolute Gasteiger partial charge is 0.148 e. The number of ether oxygens (including phenoxy) is 2. The zero-order valence-corrected chi connectivity index (χ0v) is 8.71. The second-order valence-corrected chi connectivity index (χ2v) is 3.56. The van der Waals surface area contributed by atoms with Gasteiger partial charge in [-0.05, 0) is 12.8 Å². The third-order valence-corrected chi connectivity index (χ3v) is 2.42. The van der Waals surface area contributed by atoms with E-state index in [0.29, 0.717) is 12.8 Å². The Morgan fingerprint density at radius 3 is 1.80 bits per heavy atom. The normalized spacial score (nSPS) is 29.7. The number of aliphatic hydroxyl groups is 2. The van der Waals surface area contributed by atoms with Crippen molar-refractivity contribution in [2.75, 3.05) is 6.79 Å². The third kappa shape index (κ3) is 3.14. The van der Waals surface area contributed by atoms with Crippen molar-refractivity contribution in [1.29, 1.82) is 0 Å². The number of rotatable bonds is 6. The van der Waals surface area contributed by atoms with Crippen LogP contribution in [0.4, 0.5) is 0 Å². The summed E-state index contributed by atoms with van der Waals surface area (Å²) in [6.45, 7) is 7.20. The van der Waals surface area contributed by atoms with Crippen molar-refractivity contribution in [3.05, 3.63) is 25.3 Å². The molecule has 86 valence electrons. The standard InChI is InChI=1S/C11H18O4/c1-3-5-8(12)10-11(15-7-14-10)9(13)6-4-2/h3-4,8-13H,1-2,5-7H2/t8-,9-,10-,11-/m0/s1. The first-order chi connectivity index (χ1) is 7.20. The van der Waals surface area contributed by atoms with Crippen LogP contribution >= 0.6 is 0 Å². The minimum atomic E-state index is -0.686. The number of hydrogen-bond donors (Lipinski definition) is 2. The van der Waals surface area contributed by atoms with E-state index >= 15 is 0 Å². The van der Waals surface area contributed by atoms with E-state index in [-0.39, 0.29) is 6.79 Å². The van der Waals surface area contributed by atoms with Crippen LogP contribution in [0.25, 0.3) is 0 Å². The minimum absolute atomic E-state index is 0.109. The van der Waals surface area contributed by atoms with E-state index in [9.17, 15) is 10.2 Å². The van der Waals surface area contributed by atoms with Crippen LogP contribution in [0.15, 0.2) is 25.3 Å². The zero-order chi connectivity index (χ0) is 11.3. The van der Waals surface area contributed by atoms with Gasteiger partial charge in [0.2, 0.25) is 0 Å². The lowest BCUT2D eigenvalue weighted by atomic mass is 9.99. The summed E-state index contributed by atoms with van der Waals surface area (Å²) in [6, 6.07) is 0. The SMILES string of the molecule is C=CC[C@H](O)[C@@H]1OCO[C@H]1[C@@H](O)CC=C. The molecular formula is C11H18O4. The predicted molar refractivity (Wildman–Crippen MR) is 56.3 cm³/mol. The van der Waals surface area contributed by atoms with E-state index in [1.807, 2.05) is 0 Å². The first-order valence-electron chi connectivity index (χ1n) is 5.01. The first kappa shape index (κ1) is 12.4. The monoisotopic (exact) mass is 214 g/mol. The summed E-state index contributed by atoms with van der Waals surface area (Å²) in [7, 11) is 0. The van der Waals surface area contributed by atoms with Gasteiger partial charge in [-0.2, -0.15) is 0 Å². The van der Waals surface area contributed by atoms with Gasteiger partial charge in [-0.15, -0.1) is 13.2 Å². The highest BCUT2D eigenvalue weighted by atomic mass is 16.7. The van der Waals surface area contributed by atoms with Gasteiger partial charge in [0, 0.05) is 0 Å². The van der Waals surface area contributed by atoms with Crippen LogP contribution in [0.1, 0.15) is 12.8 Å². The molecule has 1 aliphatic rings. The van der Waals surface area contributed by atoms with Gasteiger partial charge in [0.15, 0.2) is 0 Å². The summed E-state index contributed by atoms with van der Waals surface area (Å²) in [5.41, 5.74) is 0. The van der Waals surface area contributed by atoms with Crippen molar-refractivity contribution in [1.82, 2.24) is 0 Å². The molecule has 1 rings (SSSR count). The molecule has 0 spiro atoms. The predicted octanol–water partition coefficient (Wildman–Crippen LogP) is 0.602. The molecule has 0 aromatic rings. The molecule has 0 aliphatic carbocycles. The highest BCUT2D eigenvalue weighted by molar-refractivity contribution is 4.91. The summed E-state index contributed by atoms with van der Waals surface area (Å²) >= 11 is 0. The van der Waals surface area contributed by atoms with Crippen LogP contribution in [0.2, 0.25) is 0 Å². The molecule has 0 aromatic carbocycles. The maximum Gasteiger partial charge on any atom is 0.148 e. The van der Waals surface area contributed by atoms with E-state index in [0.717, 1.165) is 0 Å². The molecule has 4 atom stereocenters. The van der Waals surface area contributed by atoms with Crippen molar-refractivity contribution in [3.63, 3.8) is 0 Å². The van der Waals surface area contributed by atoms with Gasteiger partial charge in [-0.25, -0.2) is 0 Å². The Kier molecular flexibility index (Phi) is 4.98. The molecule has 2 N–H and O–H groups in total. The van der Waals surface area contributed by atoms with Crippen molar-refractivity contribution >= 4 is 0 Å². The van der Waals surface area contributed by atoms with Crippen molar-refractivity contribution in [2.45, 2.75) is 37.3 Å². The summed E-state index contributed by atoms with van der Waals surface area (Å²) in [6.07, 6.45) is 1.73. The van der Waals surface area contributed by atoms with E-state index < -0.39 is 24.4 Å². The lowest BCUT2D eigenvalue weighted by molar-refractivity contribution is -0.0319. The van der Waals surface area contributed by atoms with E-state index in [1.54, 1.807) is 12.2 Å².